The molecule has 0 spiro atoms. The van der Waals surface area contributed by atoms with E-state index in [4.69, 9.17) is 0 Å². The molecule has 1 aromatic heterocycles. The van der Waals surface area contributed by atoms with Crippen molar-refractivity contribution >= 4 is 27.0 Å². The fourth-order valence-electron chi connectivity index (χ4n) is 2.06. The molecule has 3 aromatic rings. The summed E-state index contributed by atoms with van der Waals surface area (Å²) in [6.07, 6.45) is 2.14. The molecule has 1 atom stereocenters. The molecular weight excluding hydrogens is 323 g/mol. The van der Waals surface area contributed by atoms with Gasteiger partial charge in [0.05, 0.1) is 15.5 Å². The van der Waals surface area contributed by atoms with Crippen molar-refractivity contribution in [3.63, 3.8) is 0 Å². The topological polar surface area (TPSA) is 46.0 Å². The van der Waals surface area contributed by atoms with E-state index in [-0.39, 0.29) is 5.56 Å². The maximum Gasteiger partial charge on any atom is 0.143 e. The highest BCUT2D eigenvalue weighted by atomic mass is 79.9. The second kappa shape index (κ2) is 5.26. The minimum absolute atomic E-state index is 0.225. The van der Waals surface area contributed by atoms with E-state index >= 15 is 0 Å². The largest absolute Gasteiger partial charge is 0.384 e. The molecule has 0 bridgehead atoms. The summed E-state index contributed by atoms with van der Waals surface area (Å²) in [5, 5.41) is 10.3. The molecule has 0 saturated carbocycles. The van der Waals surface area contributed by atoms with Gasteiger partial charge in [-0.05, 0) is 39.7 Å². The second-order valence-corrected chi connectivity index (χ2v) is 5.20. The summed E-state index contributed by atoms with van der Waals surface area (Å²) in [4.78, 5) is 8.34. The summed E-state index contributed by atoms with van der Waals surface area (Å²) in [7, 11) is 0. The molecule has 0 radical (unpaired) electrons. The zero-order valence-electron chi connectivity index (χ0n) is 10.3. The Kier molecular flexibility index (Phi) is 3.46. The van der Waals surface area contributed by atoms with Crippen LogP contribution in [-0.2, 0) is 0 Å². The molecule has 0 amide bonds. The number of aliphatic hydroxyl groups is 1. The van der Waals surface area contributed by atoms with Crippen LogP contribution in [0.15, 0.2) is 53.3 Å². The lowest BCUT2D eigenvalue weighted by Gasteiger charge is -2.13. The van der Waals surface area contributed by atoms with E-state index in [9.17, 15) is 9.50 Å². The van der Waals surface area contributed by atoms with Crippen LogP contribution in [0.3, 0.4) is 0 Å². The monoisotopic (exact) mass is 332 g/mol. The first-order chi connectivity index (χ1) is 9.66. The third kappa shape index (κ3) is 2.30. The van der Waals surface area contributed by atoms with Crippen molar-refractivity contribution < 1.29 is 9.50 Å². The predicted octanol–water partition coefficient (Wildman–Crippen LogP) is 3.61. The van der Waals surface area contributed by atoms with Crippen LogP contribution in [0.2, 0.25) is 0 Å². The molecule has 0 fully saturated rings. The van der Waals surface area contributed by atoms with Crippen LogP contribution >= 0.6 is 15.9 Å². The highest BCUT2D eigenvalue weighted by molar-refractivity contribution is 9.10. The highest BCUT2D eigenvalue weighted by Gasteiger charge is 2.17. The number of rotatable bonds is 2. The van der Waals surface area contributed by atoms with Crippen LogP contribution in [0.1, 0.15) is 17.2 Å². The first-order valence-electron chi connectivity index (χ1n) is 5.99. The minimum atomic E-state index is -1.04. The number of hydrogen-bond acceptors (Lipinski definition) is 3. The third-order valence-corrected chi connectivity index (χ3v) is 3.70. The van der Waals surface area contributed by atoms with Crippen LogP contribution in [0.4, 0.5) is 4.39 Å². The van der Waals surface area contributed by atoms with E-state index in [1.54, 1.807) is 48.8 Å². The molecule has 100 valence electrons. The van der Waals surface area contributed by atoms with Gasteiger partial charge in [-0.3, -0.25) is 9.97 Å². The van der Waals surface area contributed by atoms with Crippen LogP contribution < -0.4 is 0 Å². The third-order valence-electron chi connectivity index (χ3n) is 3.09. The maximum absolute atomic E-state index is 14.0. The Morgan fingerprint density at radius 1 is 1.05 bits per heavy atom. The van der Waals surface area contributed by atoms with Crippen molar-refractivity contribution in [2.75, 3.05) is 0 Å². The number of aromatic nitrogens is 2. The standard InChI is InChI=1S/C15H10BrFN2O/c16-11-3-1-2-10(14(11)17)15(20)9-4-5-12-13(8-9)19-7-6-18-12/h1-8,15,20H. The van der Waals surface area contributed by atoms with E-state index in [0.29, 0.717) is 15.6 Å². The van der Waals surface area contributed by atoms with Gasteiger partial charge in [0.25, 0.3) is 0 Å². The van der Waals surface area contributed by atoms with Gasteiger partial charge in [0.1, 0.15) is 11.9 Å². The van der Waals surface area contributed by atoms with E-state index in [1.165, 1.54) is 0 Å². The van der Waals surface area contributed by atoms with Gasteiger partial charge in [-0.15, -0.1) is 0 Å². The van der Waals surface area contributed by atoms with E-state index < -0.39 is 11.9 Å². The van der Waals surface area contributed by atoms with Gasteiger partial charge in [0.15, 0.2) is 0 Å². The Morgan fingerprint density at radius 3 is 2.60 bits per heavy atom. The van der Waals surface area contributed by atoms with Gasteiger partial charge in [-0.2, -0.15) is 0 Å². The first-order valence-corrected chi connectivity index (χ1v) is 6.79. The van der Waals surface area contributed by atoms with Gasteiger partial charge in [-0.25, -0.2) is 4.39 Å². The molecule has 1 unspecified atom stereocenters. The molecule has 20 heavy (non-hydrogen) atoms. The summed E-state index contributed by atoms with van der Waals surface area (Å²) >= 11 is 3.12. The zero-order valence-corrected chi connectivity index (χ0v) is 11.9. The van der Waals surface area contributed by atoms with Gasteiger partial charge < -0.3 is 5.11 Å². The lowest BCUT2D eigenvalue weighted by Crippen LogP contribution is -2.03. The summed E-state index contributed by atoms with van der Waals surface area (Å²) in [5.74, 6) is -0.459. The fraction of sp³-hybridized carbons (Fsp3) is 0.0667. The normalized spacial score (nSPS) is 12.6. The Hall–Kier alpha value is -1.85. The zero-order chi connectivity index (χ0) is 14.1. The average molecular weight is 333 g/mol. The molecule has 0 aliphatic carbocycles. The Balaban J connectivity index is 2.08. The van der Waals surface area contributed by atoms with Crippen molar-refractivity contribution in [2.45, 2.75) is 6.10 Å². The molecule has 2 aromatic carbocycles. The van der Waals surface area contributed by atoms with Crippen molar-refractivity contribution in [2.24, 2.45) is 0 Å². The molecule has 0 saturated heterocycles. The molecule has 0 aliphatic heterocycles. The highest BCUT2D eigenvalue weighted by Crippen LogP contribution is 2.29. The molecule has 3 nitrogen and oxygen atoms in total. The number of benzene rings is 2. The number of hydrogen-bond donors (Lipinski definition) is 1. The average Bonchev–Trinajstić information content (AvgIpc) is 2.49. The second-order valence-electron chi connectivity index (χ2n) is 4.35. The van der Waals surface area contributed by atoms with Gasteiger partial charge in [0, 0.05) is 18.0 Å². The lowest BCUT2D eigenvalue weighted by atomic mass is 10.0. The molecule has 1 N–H and O–H groups in total. The minimum Gasteiger partial charge on any atom is -0.384 e. The van der Waals surface area contributed by atoms with Crippen LogP contribution in [0.5, 0.6) is 0 Å². The van der Waals surface area contributed by atoms with Gasteiger partial charge in [0.2, 0.25) is 0 Å². The molecule has 0 aliphatic rings. The van der Waals surface area contributed by atoms with Crippen molar-refractivity contribution in [3.8, 4) is 0 Å². The van der Waals surface area contributed by atoms with Crippen molar-refractivity contribution in [1.82, 2.24) is 9.97 Å². The Morgan fingerprint density at radius 2 is 1.80 bits per heavy atom. The van der Waals surface area contributed by atoms with Gasteiger partial charge >= 0.3 is 0 Å². The maximum atomic E-state index is 14.0. The lowest BCUT2D eigenvalue weighted by molar-refractivity contribution is 0.215. The number of aliphatic hydroxyl groups excluding tert-OH is 1. The van der Waals surface area contributed by atoms with Crippen molar-refractivity contribution in [3.05, 3.63) is 70.2 Å². The fourth-order valence-corrected chi connectivity index (χ4v) is 2.44. The first kappa shape index (κ1) is 13.1. The number of halogens is 2. The summed E-state index contributed by atoms with van der Waals surface area (Å²) < 4.78 is 14.3. The quantitative estimate of drug-likeness (QED) is 0.779. The predicted molar refractivity (Wildman–Crippen MR) is 77.7 cm³/mol. The molecule has 5 heteroatoms. The summed E-state index contributed by atoms with van der Waals surface area (Å²) in [6, 6.07) is 10.0. The van der Waals surface area contributed by atoms with E-state index in [1.807, 2.05) is 0 Å². The SMILES string of the molecule is OC(c1ccc2nccnc2c1)c1cccc(Br)c1F. The van der Waals surface area contributed by atoms with Gasteiger partial charge in [-0.1, -0.05) is 18.2 Å². The summed E-state index contributed by atoms with van der Waals surface area (Å²) in [5.41, 5.74) is 2.20. The van der Waals surface area contributed by atoms with Crippen LogP contribution in [0, 0.1) is 5.82 Å². The van der Waals surface area contributed by atoms with Crippen molar-refractivity contribution in [1.29, 1.82) is 0 Å². The van der Waals surface area contributed by atoms with Crippen LogP contribution in [0.25, 0.3) is 11.0 Å². The number of fused-ring (bicyclic) bond motifs is 1. The molecular formula is C15H10BrFN2O. The van der Waals surface area contributed by atoms with E-state index in [0.717, 1.165) is 5.52 Å². The Labute approximate surface area is 123 Å². The summed E-state index contributed by atoms with van der Waals surface area (Å²) in [6.45, 7) is 0. The van der Waals surface area contributed by atoms with Crippen LogP contribution in [-0.4, -0.2) is 15.1 Å². The molecule has 1 heterocycles. The van der Waals surface area contributed by atoms with E-state index in [2.05, 4.69) is 25.9 Å². The Bertz CT molecular complexity index is 779. The number of nitrogens with zero attached hydrogens (tertiary/aromatic N) is 2. The molecule has 3 rings (SSSR count). The smallest absolute Gasteiger partial charge is 0.143 e.